The van der Waals surface area contributed by atoms with Crippen molar-refractivity contribution in [1.29, 1.82) is 0 Å². The van der Waals surface area contributed by atoms with Crippen molar-refractivity contribution >= 4 is 15.5 Å². The summed E-state index contributed by atoms with van der Waals surface area (Å²) in [6, 6.07) is 7.56. The number of benzene rings is 1. The molecule has 4 heteroatoms. The van der Waals surface area contributed by atoms with Gasteiger partial charge < -0.3 is 5.32 Å². The van der Waals surface area contributed by atoms with Gasteiger partial charge in [-0.3, -0.25) is 0 Å². The monoisotopic (exact) mass is 253 g/mol. The van der Waals surface area contributed by atoms with Gasteiger partial charge in [-0.1, -0.05) is 13.0 Å². The van der Waals surface area contributed by atoms with E-state index in [9.17, 15) is 8.42 Å². The van der Waals surface area contributed by atoms with Gasteiger partial charge in [-0.05, 0) is 43.4 Å². The highest BCUT2D eigenvalue weighted by Gasteiger charge is 2.29. The summed E-state index contributed by atoms with van der Waals surface area (Å²) in [4.78, 5) is 0.383. The Labute approximate surface area is 103 Å². The van der Waals surface area contributed by atoms with Gasteiger partial charge in [-0.15, -0.1) is 0 Å². The lowest BCUT2D eigenvalue weighted by Gasteiger charge is -2.18. The Morgan fingerprint density at radius 2 is 2.12 bits per heavy atom. The maximum atomic E-state index is 11.5. The second kappa shape index (κ2) is 4.69. The molecule has 1 aromatic rings. The van der Waals surface area contributed by atoms with Crippen LogP contribution in [0.5, 0.6) is 0 Å². The van der Waals surface area contributed by atoms with Gasteiger partial charge in [0, 0.05) is 18.0 Å². The molecular weight excluding hydrogens is 234 g/mol. The highest BCUT2D eigenvalue weighted by molar-refractivity contribution is 7.90. The molecule has 2 rings (SSSR count). The van der Waals surface area contributed by atoms with Crippen molar-refractivity contribution in [3.05, 3.63) is 24.3 Å². The van der Waals surface area contributed by atoms with Crippen molar-refractivity contribution in [2.24, 2.45) is 5.92 Å². The predicted octanol–water partition coefficient (Wildman–Crippen LogP) is 2.69. The lowest BCUT2D eigenvalue weighted by atomic mass is 10.1. The van der Waals surface area contributed by atoms with Crippen LogP contribution in [-0.2, 0) is 9.84 Å². The van der Waals surface area contributed by atoms with Gasteiger partial charge in [0.2, 0.25) is 0 Å². The van der Waals surface area contributed by atoms with Gasteiger partial charge in [-0.2, -0.15) is 0 Å². The molecule has 1 aromatic carbocycles. The van der Waals surface area contributed by atoms with Gasteiger partial charge in [0.1, 0.15) is 0 Å². The Morgan fingerprint density at radius 3 is 2.65 bits per heavy atom. The lowest BCUT2D eigenvalue weighted by Crippen LogP contribution is -2.20. The molecule has 1 atom stereocenters. The summed E-state index contributed by atoms with van der Waals surface area (Å²) in [6.45, 7) is 2.16. The summed E-state index contributed by atoms with van der Waals surface area (Å²) in [5.74, 6) is 0.766. The molecule has 1 fully saturated rings. The maximum Gasteiger partial charge on any atom is 0.175 e. The zero-order chi connectivity index (χ0) is 12.5. The molecule has 17 heavy (non-hydrogen) atoms. The third-order valence-corrected chi connectivity index (χ3v) is 4.36. The molecule has 0 saturated heterocycles. The van der Waals surface area contributed by atoms with Crippen molar-refractivity contribution in [2.75, 3.05) is 11.6 Å². The molecule has 1 saturated carbocycles. The second-order valence-electron chi connectivity index (χ2n) is 4.80. The summed E-state index contributed by atoms with van der Waals surface area (Å²) in [7, 11) is -3.11. The zero-order valence-electron chi connectivity index (χ0n) is 10.3. The standard InChI is InChI=1S/C13H19NO2S/c1-3-13(10-7-8-10)14-11-5-4-6-12(9-11)17(2,15)16/h4-6,9-10,13-14H,3,7-8H2,1-2H3. The zero-order valence-corrected chi connectivity index (χ0v) is 11.1. The summed E-state index contributed by atoms with van der Waals surface area (Å²) in [5.41, 5.74) is 0.909. The third-order valence-electron chi connectivity index (χ3n) is 3.25. The molecule has 94 valence electrons. The van der Waals surface area contributed by atoms with Crippen molar-refractivity contribution in [3.8, 4) is 0 Å². The SMILES string of the molecule is CCC(Nc1cccc(S(C)(=O)=O)c1)C1CC1. The number of sulfone groups is 1. The van der Waals surface area contributed by atoms with E-state index < -0.39 is 9.84 Å². The summed E-state index contributed by atoms with van der Waals surface area (Å²) in [6.07, 6.45) is 4.90. The van der Waals surface area contributed by atoms with Gasteiger partial charge in [0.25, 0.3) is 0 Å². The van der Waals surface area contributed by atoms with Gasteiger partial charge in [0.15, 0.2) is 9.84 Å². The first-order valence-corrected chi connectivity index (χ1v) is 7.96. The van der Waals surface area contributed by atoms with E-state index in [4.69, 9.17) is 0 Å². The van der Waals surface area contributed by atoms with E-state index in [1.54, 1.807) is 18.2 Å². The van der Waals surface area contributed by atoms with Crippen LogP contribution in [0.4, 0.5) is 5.69 Å². The van der Waals surface area contributed by atoms with Crippen LogP contribution in [0.1, 0.15) is 26.2 Å². The molecule has 1 aliphatic carbocycles. The van der Waals surface area contributed by atoms with Crippen LogP contribution in [0.3, 0.4) is 0 Å². The van der Waals surface area contributed by atoms with E-state index in [1.807, 2.05) is 6.07 Å². The fourth-order valence-corrected chi connectivity index (χ4v) is 2.75. The molecule has 1 N–H and O–H groups in total. The highest BCUT2D eigenvalue weighted by Crippen LogP contribution is 2.35. The summed E-state index contributed by atoms with van der Waals surface area (Å²) in [5, 5.41) is 3.44. The average Bonchev–Trinajstić information content (AvgIpc) is 3.09. The minimum absolute atomic E-state index is 0.383. The van der Waals surface area contributed by atoms with Gasteiger partial charge >= 0.3 is 0 Å². The fraction of sp³-hybridized carbons (Fsp3) is 0.538. The number of hydrogen-bond donors (Lipinski definition) is 1. The van der Waals surface area contributed by atoms with Crippen molar-refractivity contribution < 1.29 is 8.42 Å². The summed E-state index contributed by atoms with van der Waals surface area (Å²) >= 11 is 0. The van der Waals surface area contributed by atoms with Gasteiger partial charge in [-0.25, -0.2) is 8.42 Å². The molecule has 0 aliphatic heterocycles. The van der Waals surface area contributed by atoms with Crippen molar-refractivity contribution in [3.63, 3.8) is 0 Å². The van der Waals surface area contributed by atoms with Gasteiger partial charge in [0.05, 0.1) is 4.90 Å². The average molecular weight is 253 g/mol. The highest BCUT2D eigenvalue weighted by atomic mass is 32.2. The smallest absolute Gasteiger partial charge is 0.175 e. The molecule has 0 spiro atoms. The van der Waals surface area contributed by atoms with Crippen molar-refractivity contribution in [2.45, 2.75) is 37.1 Å². The molecule has 0 heterocycles. The van der Waals surface area contributed by atoms with E-state index in [1.165, 1.54) is 19.1 Å². The van der Waals surface area contributed by atoms with E-state index in [0.29, 0.717) is 10.9 Å². The number of rotatable bonds is 5. The van der Waals surface area contributed by atoms with Crippen molar-refractivity contribution in [1.82, 2.24) is 0 Å². The molecule has 3 nitrogen and oxygen atoms in total. The Balaban J connectivity index is 2.15. The molecule has 0 aromatic heterocycles. The predicted molar refractivity (Wildman–Crippen MR) is 70.0 cm³/mol. The molecule has 1 unspecified atom stereocenters. The molecule has 0 amide bonds. The van der Waals surface area contributed by atoms with Crippen LogP contribution >= 0.6 is 0 Å². The first-order chi connectivity index (χ1) is 8.00. The minimum Gasteiger partial charge on any atom is -0.382 e. The number of nitrogens with one attached hydrogen (secondary N) is 1. The Hall–Kier alpha value is -1.03. The van der Waals surface area contributed by atoms with Crippen LogP contribution in [0.15, 0.2) is 29.2 Å². The Morgan fingerprint density at radius 1 is 1.41 bits per heavy atom. The van der Waals surface area contributed by atoms with E-state index in [0.717, 1.165) is 18.0 Å². The minimum atomic E-state index is -3.11. The first kappa shape index (κ1) is 12.4. The lowest BCUT2D eigenvalue weighted by molar-refractivity contribution is 0.601. The van der Waals surface area contributed by atoms with Crippen LogP contribution in [0.2, 0.25) is 0 Å². The first-order valence-electron chi connectivity index (χ1n) is 6.07. The number of anilines is 1. The molecule has 0 radical (unpaired) electrons. The second-order valence-corrected chi connectivity index (χ2v) is 6.81. The number of hydrogen-bond acceptors (Lipinski definition) is 3. The topological polar surface area (TPSA) is 46.2 Å². The Kier molecular flexibility index (Phi) is 3.43. The van der Waals surface area contributed by atoms with Crippen LogP contribution < -0.4 is 5.32 Å². The largest absolute Gasteiger partial charge is 0.382 e. The van der Waals surface area contributed by atoms with E-state index in [-0.39, 0.29) is 0 Å². The quantitative estimate of drug-likeness (QED) is 0.877. The summed E-state index contributed by atoms with van der Waals surface area (Å²) < 4.78 is 22.9. The molecular formula is C13H19NO2S. The third kappa shape index (κ3) is 3.22. The normalized spacial score (nSPS) is 17.8. The molecule has 0 bridgehead atoms. The van der Waals surface area contributed by atoms with E-state index in [2.05, 4.69) is 12.2 Å². The Bertz CT molecular complexity index is 492. The van der Waals surface area contributed by atoms with Crippen LogP contribution in [0.25, 0.3) is 0 Å². The molecule has 1 aliphatic rings. The maximum absolute atomic E-state index is 11.5. The van der Waals surface area contributed by atoms with E-state index >= 15 is 0 Å². The fourth-order valence-electron chi connectivity index (χ4n) is 2.08. The van der Waals surface area contributed by atoms with Crippen LogP contribution in [0, 0.1) is 5.92 Å². The van der Waals surface area contributed by atoms with Crippen LogP contribution in [-0.4, -0.2) is 20.7 Å².